The number of para-hydroxylation sites is 5. The zero-order valence-corrected chi connectivity index (χ0v) is 34.7. The van der Waals surface area contributed by atoms with Crippen molar-refractivity contribution >= 4 is 164 Å². The van der Waals surface area contributed by atoms with Gasteiger partial charge in [0, 0.05) is 86.4 Å². The van der Waals surface area contributed by atoms with Crippen molar-refractivity contribution < 1.29 is 17.7 Å². The first kappa shape index (κ1) is 32.6. The third kappa shape index (κ3) is 3.64. The number of nitrogens with zero attached hydrogens (tertiary/aromatic N) is 2. The minimum absolute atomic E-state index is 0.843. The molecule has 0 saturated carbocycles. The molecule has 0 unspecified atom stereocenters. The van der Waals surface area contributed by atoms with E-state index in [1.54, 1.807) is 0 Å². The highest BCUT2D eigenvalue weighted by Crippen LogP contribution is 2.50. The quantitative estimate of drug-likeness (QED) is 0.165. The van der Waals surface area contributed by atoms with Crippen molar-refractivity contribution in [1.29, 1.82) is 0 Å². The third-order valence-corrected chi connectivity index (χ3v) is 15.1. The standard InChI is InChI=1S/C60H28N2O4/c1-5-16-44-31(10-1)39-23-41-34-13-4-8-19-49(34)65-60(41)56-43-28-52-38(25-47(43)62(44)58(39)56)36-22-29(20-21-50(36)64-52)30-14-9-15-35-54-53(66-59(30)35)26-40-32-11-2-6-17-45(32)61-46-24-37-33-12-3-7-18-48(33)63-51(37)27-42(46)55(54)57(40)61/h1-28H. The second kappa shape index (κ2) is 10.8. The molecule has 8 heterocycles. The van der Waals surface area contributed by atoms with Crippen LogP contribution in [-0.4, -0.2) is 8.80 Å². The predicted octanol–water partition coefficient (Wildman–Crippen LogP) is 17.3. The number of hydrogen-bond donors (Lipinski definition) is 0. The van der Waals surface area contributed by atoms with Crippen molar-refractivity contribution in [2.75, 3.05) is 0 Å². The lowest BCUT2D eigenvalue weighted by Gasteiger charge is -2.03. The van der Waals surface area contributed by atoms with E-state index in [0.717, 1.165) is 126 Å². The molecule has 6 nitrogen and oxygen atoms in total. The summed E-state index contributed by atoms with van der Waals surface area (Å²) < 4.78 is 31.9. The number of benzene rings is 10. The van der Waals surface area contributed by atoms with Crippen LogP contribution in [0, 0.1) is 0 Å². The van der Waals surface area contributed by atoms with Gasteiger partial charge in [-0.05, 0) is 78.4 Å². The average molecular weight is 841 g/mol. The van der Waals surface area contributed by atoms with Gasteiger partial charge in [0.2, 0.25) is 0 Å². The Kier molecular flexibility index (Phi) is 5.36. The fourth-order valence-electron chi connectivity index (χ4n) is 12.5. The van der Waals surface area contributed by atoms with Crippen LogP contribution in [0.4, 0.5) is 0 Å². The molecule has 18 aromatic rings. The van der Waals surface area contributed by atoms with Crippen molar-refractivity contribution in [3.05, 3.63) is 170 Å². The van der Waals surface area contributed by atoms with Crippen molar-refractivity contribution in [3.63, 3.8) is 0 Å². The van der Waals surface area contributed by atoms with E-state index in [2.05, 4.69) is 167 Å². The van der Waals surface area contributed by atoms with E-state index < -0.39 is 0 Å². The minimum atomic E-state index is 0.843. The molecule has 0 amide bonds. The van der Waals surface area contributed by atoms with Crippen LogP contribution in [0.3, 0.4) is 0 Å². The van der Waals surface area contributed by atoms with Gasteiger partial charge in [-0.15, -0.1) is 0 Å². The number of fused-ring (bicyclic) bond motifs is 26. The number of aromatic nitrogens is 2. The first-order chi connectivity index (χ1) is 32.7. The summed E-state index contributed by atoms with van der Waals surface area (Å²) in [5, 5.41) is 18.3. The first-order valence-corrected chi connectivity index (χ1v) is 22.5. The molecule has 302 valence electrons. The van der Waals surface area contributed by atoms with Crippen LogP contribution in [0.25, 0.3) is 175 Å². The molecule has 0 N–H and O–H groups in total. The lowest BCUT2D eigenvalue weighted by Crippen LogP contribution is -1.81. The molecule has 0 saturated heterocycles. The van der Waals surface area contributed by atoms with Crippen LogP contribution < -0.4 is 0 Å². The molecule has 0 aliphatic rings. The Morgan fingerprint density at radius 3 is 1.53 bits per heavy atom. The Bertz CT molecular complexity index is 5240. The second-order valence-electron chi connectivity index (χ2n) is 18.3. The smallest absolute Gasteiger partial charge is 0.145 e. The van der Waals surface area contributed by atoms with E-state index in [4.69, 9.17) is 17.7 Å². The fourth-order valence-corrected chi connectivity index (χ4v) is 12.5. The van der Waals surface area contributed by atoms with E-state index in [9.17, 15) is 0 Å². The van der Waals surface area contributed by atoms with Gasteiger partial charge in [-0.2, -0.15) is 0 Å². The van der Waals surface area contributed by atoms with Crippen molar-refractivity contribution in [2.45, 2.75) is 0 Å². The Morgan fingerprint density at radius 1 is 0.258 bits per heavy atom. The van der Waals surface area contributed by atoms with Gasteiger partial charge >= 0.3 is 0 Å². The number of furan rings is 4. The van der Waals surface area contributed by atoms with Crippen molar-refractivity contribution in [1.82, 2.24) is 8.80 Å². The van der Waals surface area contributed by atoms with Crippen molar-refractivity contribution in [3.8, 4) is 11.1 Å². The molecule has 6 heteroatoms. The highest BCUT2D eigenvalue weighted by atomic mass is 16.3. The molecule has 0 fully saturated rings. The van der Waals surface area contributed by atoms with E-state index in [1.165, 1.54) is 49.0 Å². The fraction of sp³-hybridized carbons (Fsp3) is 0. The Morgan fingerprint density at radius 2 is 0.788 bits per heavy atom. The number of hydrogen-bond acceptors (Lipinski definition) is 4. The topological polar surface area (TPSA) is 61.4 Å². The van der Waals surface area contributed by atoms with Crippen LogP contribution in [0.15, 0.2) is 188 Å². The summed E-state index contributed by atoms with van der Waals surface area (Å²) in [5.41, 5.74) is 16.2. The Balaban J connectivity index is 0.910. The first-order valence-electron chi connectivity index (χ1n) is 22.5. The summed E-state index contributed by atoms with van der Waals surface area (Å²) in [5.74, 6) is 0. The van der Waals surface area contributed by atoms with Gasteiger partial charge in [-0.25, -0.2) is 0 Å². The van der Waals surface area contributed by atoms with Gasteiger partial charge in [0.05, 0.1) is 38.5 Å². The van der Waals surface area contributed by atoms with Gasteiger partial charge in [0.15, 0.2) is 0 Å². The third-order valence-electron chi connectivity index (χ3n) is 15.1. The van der Waals surface area contributed by atoms with Crippen LogP contribution in [0.2, 0.25) is 0 Å². The molecule has 0 aliphatic carbocycles. The van der Waals surface area contributed by atoms with Gasteiger partial charge in [0.1, 0.15) is 44.7 Å². The molecule has 0 bridgehead atoms. The van der Waals surface area contributed by atoms with Crippen LogP contribution in [-0.2, 0) is 0 Å². The summed E-state index contributed by atoms with van der Waals surface area (Å²) in [6.07, 6.45) is 0. The average Bonchev–Trinajstić information content (AvgIpc) is 4.24. The minimum Gasteiger partial charge on any atom is -0.456 e. The maximum Gasteiger partial charge on any atom is 0.145 e. The van der Waals surface area contributed by atoms with E-state index in [1.807, 2.05) is 12.1 Å². The second-order valence-corrected chi connectivity index (χ2v) is 18.3. The van der Waals surface area contributed by atoms with E-state index in [0.29, 0.717) is 0 Å². The highest BCUT2D eigenvalue weighted by molar-refractivity contribution is 6.37. The lowest BCUT2D eigenvalue weighted by atomic mass is 9.98. The summed E-state index contributed by atoms with van der Waals surface area (Å²) in [4.78, 5) is 0. The van der Waals surface area contributed by atoms with Gasteiger partial charge in [-0.3, -0.25) is 0 Å². The maximum atomic E-state index is 7.11. The molecule has 10 aromatic carbocycles. The van der Waals surface area contributed by atoms with Gasteiger partial charge < -0.3 is 26.5 Å². The molecular weight excluding hydrogens is 813 g/mol. The molecule has 8 aromatic heterocycles. The van der Waals surface area contributed by atoms with Crippen LogP contribution >= 0.6 is 0 Å². The number of rotatable bonds is 1. The van der Waals surface area contributed by atoms with Gasteiger partial charge in [0.25, 0.3) is 0 Å². The SMILES string of the molecule is c1ccc2c(c1)oc1cc3c4c5c(cc6c7ccccc7n(c3cc12)c64)oc1c(-c2ccc3oc4cc6c7c8oc9ccccc9c8cc8c9ccccc9n(c6cc4c3c2)c87)cccc15. The molecule has 0 aliphatic heterocycles. The highest BCUT2D eigenvalue weighted by Gasteiger charge is 2.27. The maximum absolute atomic E-state index is 7.11. The normalized spacial score (nSPS) is 13.2. The van der Waals surface area contributed by atoms with Crippen LogP contribution in [0.5, 0.6) is 0 Å². The largest absolute Gasteiger partial charge is 0.456 e. The lowest BCUT2D eigenvalue weighted by molar-refractivity contribution is 0.668. The Labute approximate surface area is 369 Å². The summed E-state index contributed by atoms with van der Waals surface area (Å²) >= 11 is 0. The molecule has 0 radical (unpaired) electrons. The van der Waals surface area contributed by atoms with E-state index in [-0.39, 0.29) is 0 Å². The summed E-state index contributed by atoms with van der Waals surface area (Å²) in [7, 11) is 0. The summed E-state index contributed by atoms with van der Waals surface area (Å²) in [6.45, 7) is 0. The van der Waals surface area contributed by atoms with Gasteiger partial charge in [-0.1, -0.05) is 97.1 Å². The zero-order chi connectivity index (χ0) is 42.3. The predicted molar refractivity (Wildman–Crippen MR) is 270 cm³/mol. The van der Waals surface area contributed by atoms with Crippen molar-refractivity contribution in [2.24, 2.45) is 0 Å². The molecular formula is C60H28N2O4. The van der Waals surface area contributed by atoms with Crippen LogP contribution in [0.1, 0.15) is 0 Å². The molecule has 0 spiro atoms. The Hall–Kier alpha value is -9.00. The zero-order valence-electron chi connectivity index (χ0n) is 34.7. The molecule has 0 atom stereocenters. The van der Waals surface area contributed by atoms with E-state index >= 15 is 0 Å². The molecule has 66 heavy (non-hydrogen) atoms. The molecule has 18 rings (SSSR count). The summed E-state index contributed by atoms with van der Waals surface area (Å²) in [6, 6.07) is 61.0. The monoisotopic (exact) mass is 840 g/mol.